The molecule has 12 aromatic rings. The molecule has 3 heteroatoms. The van der Waals surface area contributed by atoms with Gasteiger partial charge in [-0.15, -0.1) is 0 Å². The van der Waals surface area contributed by atoms with Crippen molar-refractivity contribution in [2.24, 2.45) is 0 Å². The van der Waals surface area contributed by atoms with Gasteiger partial charge >= 0.3 is 0 Å². The minimum Gasteiger partial charge on any atom is -0.456 e. The lowest BCUT2D eigenvalue weighted by Gasteiger charge is -2.26. The van der Waals surface area contributed by atoms with E-state index in [1.54, 1.807) is 41.3 Å². The molecule has 63 heavy (non-hydrogen) atoms. The number of aromatic nitrogens is 1. The van der Waals surface area contributed by atoms with Crippen molar-refractivity contribution in [1.82, 2.24) is 4.57 Å². The van der Waals surface area contributed by atoms with Crippen LogP contribution >= 0.6 is 0 Å². The minimum absolute atomic E-state index is 0.312. The van der Waals surface area contributed by atoms with Crippen molar-refractivity contribution in [3.8, 4) is 50.2 Å². The Hall–Kier alpha value is -8.40. The van der Waals surface area contributed by atoms with E-state index in [1.807, 2.05) is 84.9 Å². The lowest BCUT2D eigenvalue weighted by atomic mass is 9.95. The molecule has 0 N–H and O–H groups in total. The van der Waals surface area contributed by atoms with Gasteiger partial charge in [0.25, 0.3) is 0 Å². The molecule has 2 aromatic heterocycles. The Labute approximate surface area is 394 Å². The molecule has 2 heterocycles. The number of hydrogen-bond donors (Lipinski definition) is 0. The number of benzene rings is 10. The van der Waals surface area contributed by atoms with E-state index in [-0.39, 0.29) is 5.69 Å². The van der Waals surface area contributed by atoms with Gasteiger partial charge in [0.2, 0.25) is 0 Å². The van der Waals surface area contributed by atoms with Crippen molar-refractivity contribution in [3.05, 3.63) is 242 Å². The molecule has 0 amide bonds. The Morgan fingerprint density at radius 2 is 1.02 bits per heavy atom. The van der Waals surface area contributed by atoms with Crippen LogP contribution in [0.15, 0.2) is 247 Å². The van der Waals surface area contributed by atoms with Crippen molar-refractivity contribution in [2.75, 3.05) is 4.90 Å². The van der Waals surface area contributed by atoms with Crippen molar-refractivity contribution >= 4 is 60.8 Å². The van der Waals surface area contributed by atoms with Gasteiger partial charge < -0.3 is 13.9 Å². The van der Waals surface area contributed by atoms with Crippen LogP contribution in [0.5, 0.6) is 0 Å². The van der Waals surface area contributed by atoms with Crippen LogP contribution in [0.1, 0.15) is 27.4 Å². The molecular weight excluding hydrogens is 765 g/mol. The SMILES string of the molecule is [2H]c1c([2H])c([2H])c(-c2c([2H])c(-c3c([2H])c([2H])c([2H])c([2H])c3[2H])c3c(c2[2H])c2c([2H])c(N(c4cccc(-c5cccc(-c6ccccc6)c5)c4)c4ccc5oc6ccccc6c5c4)c([2H])c([2H])c2n3-c2c([2H])c([2H])c([2H])c([2H])c2[2H])c([2H])c1[2H]. The van der Waals surface area contributed by atoms with E-state index in [0.717, 1.165) is 26.6 Å². The maximum atomic E-state index is 10.6. The third-order valence-corrected chi connectivity index (χ3v) is 10.9. The van der Waals surface area contributed by atoms with Gasteiger partial charge in [0, 0.05) is 49.9 Å². The zero-order chi connectivity index (χ0) is 59.1. The Bertz CT molecular complexity index is 4740. The highest BCUT2D eigenvalue weighted by atomic mass is 16.3. The summed E-state index contributed by atoms with van der Waals surface area (Å²) in [5.41, 5.74) is -0.0787. The Morgan fingerprint density at radius 1 is 0.381 bits per heavy atom. The van der Waals surface area contributed by atoms with Crippen LogP contribution in [-0.2, 0) is 0 Å². The van der Waals surface area contributed by atoms with Crippen LogP contribution in [0, 0.1) is 0 Å². The maximum Gasteiger partial charge on any atom is 0.135 e. The van der Waals surface area contributed by atoms with E-state index in [2.05, 4.69) is 0 Å². The molecule has 0 unspecified atom stereocenters. The summed E-state index contributed by atoms with van der Waals surface area (Å²) in [6.45, 7) is 0. The molecule has 0 spiro atoms. The average Bonchev–Trinajstić information content (AvgIpc) is 1.88. The van der Waals surface area contributed by atoms with E-state index in [4.69, 9.17) is 19.5 Å². The number of furan rings is 1. The van der Waals surface area contributed by atoms with E-state index < -0.39 is 171 Å². The molecular formula is C60H40N2O. The largest absolute Gasteiger partial charge is 0.456 e. The molecule has 0 aliphatic heterocycles. The van der Waals surface area contributed by atoms with Crippen LogP contribution in [0.3, 0.4) is 0 Å². The topological polar surface area (TPSA) is 21.3 Å². The third-order valence-electron chi connectivity index (χ3n) is 10.9. The zero-order valence-corrected chi connectivity index (χ0v) is 32.8. The fourth-order valence-corrected chi connectivity index (χ4v) is 8.12. The smallest absolute Gasteiger partial charge is 0.135 e. The number of hydrogen-bond acceptors (Lipinski definition) is 2. The third kappa shape index (κ3) is 6.46. The molecule has 296 valence electrons. The predicted molar refractivity (Wildman–Crippen MR) is 264 cm³/mol. The second kappa shape index (κ2) is 15.3. The van der Waals surface area contributed by atoms with Gasteiger partial charge in [-0.05, 0) is 124 Å². The minimum atomic E-state index is -0.962. The Morgan fingerprint density at radius 3 is 1.81 bits per heavy atom. The summed E-state index contributed by atoms with van der Waals surface area (Å²) in [5.74, 6) is 0. The fraction of sp³-hybridized carbons (Fsp3) is 0. The maximum absolute atomic E-state index is 10.6. The standard InChI is InChI=1S/C60H40N2O/c1-5-17-41(18-6-1)44-23-15-24-45(35-44)46-25-16-28-49(36-46)61(51-32-34-59-55(40-51)52-29-13-14-30-58(52)63-59)50-31-33-57-54(39-50)56-38-47(42-19-7-2-8-20-42)37-53(43-21-9-3-10-22-43)60(56)62(57)48-26-11-4-12-27-48/h1-40H/i2D,3D,4D,7D,8D,9D,10D,11D,12D,19D,20D,21D,22D,26D,27D,31D,33D,37D,38D,39D. The molecule has 0 radical (unpaired) electrons. The molecule has 0 saturated carbocycles. The lowest BCUT2D eigenvalue weighted by molar-refractivity contribution is 0.669. The van der Waals surface area contributed by atoms with Crippen molar-refractivity contribution in [3.63, 3.8) is 0 Å². The molecule has 0 aliphatic rings. The molecule has 10 aromatic carbocycles. The normalized spacial score (nSPS) is 15.9. The van der Waals surface area contributed by atoms with Crippen molar-refractivity contribution in [2.45, 2.75) is 0 Å². The van der Waals surface area contributed by atoms with Crippen molar-refractivity contribution in [1.29, 1.82) is 0 Å². The summed E-state index contributed by atoms with van der Waals surface area (Å²) in [6.07, 6.45) is 0. The van der Waals surface area contributed by atoms with Gasteiger partial charge in [-0.2, -0.15) is 0 Å². The van der Waals surface area contributed by atoms with Crippen LogP contribution < -0.4 is 4.90 Å². The molecule has 0 bridgehead atoms. The number of rotatable bonds is 8. The molecule has 0 atom stereocenters. The number of fused-ring (bicyclic) bond motifs is 6. The quantitative estimate of drug-likeness (QED) is 0.152. The Kier molecular flexibility index (Phi) is 5.18. The van der Waals surface area contributed by atoms with E-state index in [9.17, 15) is 12.3 Å². The first kappa shape index (κ1) is 21.4. The van der Waals surface area contributed by atoms with Gasteiger partial charge in [0.05, 0.1) is 38.4 Å². The molecule has 0 aliphatic carbocycles. The summed E-state index contributed by atoms with van der Waals surface area (Å²) >= 11 is 0. The van der Waals surface area contributed by atoms with E-state index in [0.29, 0.717) is 33.5 Å². The average molecular weight is 825 g/mol. The van der Waals surface area contributed by atoms with Crippen LogP contribution in [0.2, 0.25) is 0 Å². The monoisotopic (exact) mass is 824 g/mol. The van der Waals surface area contributed by atoms with E-state index in [1.165, 1.54) is 0 Å². The number of nitrogens with zero attached hydrogens (tertiary/aromatic N) is 2. The number of para-hydroxylation sites is 2. The highest BCUT2D eigenvalue weighted by molar-refractivity contribution is 6.16. The summed E-state index contributed by atoms with van der Waals surface area (Å²) in [6, 6.07) is 19.9. The molecule has 0 fully saturated rings. The second-order valence-corrected chi connectivity index (χ2v) is 14.6. The predicted octanol–water partition coefficient (Wildman–Crippen LogP) is 16.8. The van der Waals surface area contributed by atoms with Gasteiger partial charge in [0.15, 0.2) is 0 Å². The first-order valence-corrected chi connectivity index (χ1v) is 19.9. The van der Waals surface area contributed by atoms with Crippen LogP contribution in [0.25, 0.3) is 93.9 Å². The molecule has 0 saturated heterocycles. The first-order chi connectivity index (χ1) is 39.6. The summed E-state index contributed by atoms with van der Waals surface area (Å²) < 4.78 is 192. The van der Waals surface area contributed by atoms with Crippen LogP contribution in [0.4, 0.5) is 17.1 Å². The molecule has 3 nitrogen and oxygen atoms in total. The first-order valence-electron chi connectivity index (χ1n) is 29.9. The van der Waals surface area contributed by atoms with Gasteiger partial charge in [-0.3, -0.25) is 0 Å². The second-order valence-electron chi connectivity index (χ2n) is 14.6. The highest BCUT2D eigenvalue weighted by Crippen LogP contribution is 2.45. The molecule has 12 rings (SSSR count). The van der Waals surface area contributed by atoms with Gasteiger partial charge in [-0.1, -0.05) is 157 Å². The summed E-state index contributed by atoms with van der Waals surface area (Å²) in [4.78, 5) is 1.55. The van der Waals surface area contributed by atoms with Gasteiger partial charge in [-0.25, -0.2) is 0 Å². The number of anilines is 3. The van der Waals surface area contributed by atoms with Crippen molar-refractivity contribution < 1.29 is 31.8 Å². The van der Waals surface area contributed by atoms with Gasteiger partial charge in [0.1, 0.15) is 11.2 Å². The zero-order valence-electron chi connectivity index (χ0n) is 52.8. The van der Waals surface area contributed by atoms with Crippen LogP contribution in [-0.4, -0.2) is 4.57 Å². The van der Waals surface area contributed by atoms with E-state index >= 15 is 0 Å². The Balaban J connectivity index is 1.30. The lowest BCUT2D eigenvalue weighted by Crippen LogP contribution is -2.10. The summed E-state index contributed by atoms with van der Waals surface area (Å²) in [5, 5.41) is 0.355. The summed E-state index contributed by atoms with van der Waals surface area (Å²) in [7, 11) is 0. The fourth-order valence-electron chi connectivity index (χ4n) is 8.12. The highest BCUT2D eigenvalue weighted by Gasteiger charge is 2.22.